The van der Waals surface area contributed by atoms with Crippen LogP contribution in [0.3, 0.4) is 0 Å². The molecule has 3 heteroatoms. The number of aliphatic hydroxyl groups is 1. The molecule has 0 aliphatic heterocycles. The van der Waals surface area contributed by atoms with Gasteiger partial charge in [-0.15, -0.1) is 0 Å². The molecule has 0 saturated carbocycles. The monoisotopic (exact) mass is 280 g/mol. The summed E-state index contributed by atoms with van der Waals surface area (Å²) in [5, 5.41) is 18.0. The molecular weight excluding hydrogens is 252 g/mol. The van der Waals surface area contributed by atoms with Gasteiger partial charge in [0, 0.05) is 6.42 Å². The lowest BCUT2D eigenvalue weighted by Crippen LogP contribution is -2.01. The third kappa shape index (κ3) is 14.8. The van der Waals surface area contributed by atoms with Crippen LogP contribution in [0.2, 0.25) is 0 Å². The van der Waals surface area contributed by atoms with E-state index in [1.807, 2.05) is 6.08 Å². The molecule has 0 aromatic rings. The van der Waals surface area contributed by atoms with Gasteiger partial charge in [0.05, 0.1) is 0 Å². The Labute approximate surface area is 123 Å². The molecule has 0 heterocycles. The van der Waals surface area contributed by atoms with Crippen molar-refractivity contribution >= 4 is 5.97 Å². The topological polar surface area (TPSA) is 57.5 Å². The third-order valence-corrected chi connectivity index (χ3v) is 3.04. The summed E-state index contributed by atoms with van der Waals surface area (Å²) in [6, 6.07) is 0. The predicted octanol–water partition coefficient (Wildman–Crippen LogP) is 3.91. The molecule has 114 valence electrons. The maximum atomic E-state index is 10.3. The van der Waals surface area contributed by atoms with Gasteiger partial charge in [-0.25, -0.2) is 0 Å². The first-order valence-corrected chi connectivity index (χ1v) is 7.72. The number of hydrogen-bond donors (Lipinski definition) is 2. The van der Waals surface area contributed by atoms with E-state index in [1.165, 1.54) is 0 Å². The van der Waals surface area contributed by atoms with Gasteiger partial charge < -0.3 is 10.2 Å². The first-order valence-electron chi connectivity index (χ1n) is 7.72. The summed E-state index contributed by atoms with van der Waals surface area (Å²) in [6.45, 7) is 2.14. The summed E-state index contributed by atoms with van der Waals surface area (Å²) in [5.41, 5.74) is 0. The first kappa shape index (κ1) is 18.7. The fourth-order valence-electron chi connectivity index (χ4n) is 1.84. The standard InChI is InChI=1S/C17H28O3/c1-2-3-10-13-16(18)14-11-8-6-4-5-7-9-12-15-17(19)20/h6,8,16,18H,2-5,7,9-10,12-13,15H2,1H3,(H,19,20)/b8-6+/t16-/m1/s1. The number of allylic oxidation sites excluding steroid dienone is 2. The summed E-state index contributed by atoms with van der Waals surface area (Å²) < 4.78 is 0. The van der Waals surface area contributed by atoms with Crippen LogP contribution in [0.15, 0.2) is 12.2 Å². The van der Waals surface area contributed by atoms with Crippen molar-refractivity contribution in [3.05, 3.63) is 12.2 Å². The van der Waals surface area contributed by atoms with Crippen LogP contribution in [0.4, 0.5) is 0 Å². The van der Waals surface area contributed by atoms with Gasteiger partial charge in [-0.2, -0.15) is 0 Å². The van der Waals surface area contributed by atoms with Crippen molar-refractivity contribution < 1.29 is 15.0 Å². The van der Waals surface area contributed by atoms with Crippen molar-refractivity contribution in [2.45, 2.75) is 77.2 Å². The largest absolute Gasteiger partial charge is 0.481 e. The Morgan fingerprint density at radius 2 is 1.90 bits per heavy atom. The molecule has 20 heavy (non-hydrogen) atoms. The molecule has 0 bridgehead atoms. The Balaban J connectivity index is 3.45. The van der Waals surface area contributed by atoms with Crippen molar-refractivity contribution in [2.24, 2.45) is 0 Å². The smallest absolute Gasteiger partial charge is 0.303 e. The molecule has 0 radical (unpaired) electrons. The second-order valence-electron chi connectivity index (χ2n) is 5.05. The van der Waals surface area contributed by atoms with E-state index in [4.69, 9.17) is 5.11 Å². The summed E-state index contributed by atoms with van der Waals surface area (Å²) in [6.07, 6.45) is 12.5. The van der Waals surface area contributed by atoms with E-state index >= 15 is 0 Å². The van der Waals surface area contributed by atoms with Crippen LogP contribution in [0.25, 0.3) is 0 Å². The van der Waals surface area contributed by atoms with Gasteiger partial charge in [0.2, 0.25) is 0 Å². The van der Waals surface area contributed by atoms with Gasteiger partial charge in [-0.1, -0.05) is 50.5 Å². The van der Waals surface area contributed by atoms with Crippen LogP contribution in [0, 0.1) is 11.8 Å². The first-order chi connectivity index (χ1) is 9.66. The van der Waals surface area contributed by atoms with Crippen LogP contribution >= 0.6 is 0 Å². The normalized spacial score (nSPS) is 12.1. The molecule has 0 aliphatic carbocycles. The molecule has 0 amide bonds. The zero-order valence-corrected chi connectivity index (χ0v) is 12.6. The molecule has 0 fully saturated rings. The lowest BCUT2D eigenvalue weighted by Gasteiger charge is -2.00. The van der Waals surface area contributed by atoms with Gasteiger partial charge in [-0.3, -0.25) is 4.79 Å². The Kier molecular flexibility index (Phi) is 13.2. The average Bonchev–Trinajstić information content (AvgIpc) is 2.41. The average molecular weight is 280 g/mol. The number of hydrogen-bond acceptors (Lipinski definition) is 2. The van der Waals surface area contributed by atoms with Crippen molar-refractivity contribution in [1.29, 1.82) is 0 Å². The second kappa shape index (κ2) is 14.1. The van der Waals surface area contributed by atoms with Crippen LogP contribution in [0.1, 0.15) is 71.1 Å². The molecule has 0 aromatic carbocycles. The van der Waals surface area contributed by atoms with Crippen molar-refractivity contribution in [2.75, 3.05) is 0 Å². The number of carboxylic acids is 1. The second-order valence-corrected chi connectivity index (χ2v) is 5.05. The SMILES string of the molecule is CCCCC[C@@H](O)C#C/C=C/CCCCCCC(=O)O. The van der Waals surface area contributed by atoms with Crippen LogP contribution < -0.4 is 0 Å². The van der Waals surface area contributed by atoms with E-state index in [-0.39, 0.29) is 6.42 Å². The van der Waals surface area contributed by atoms with Gasteiger partial charge in [-0.05, 0) is 38.2 Å². The highest BCUT2D eigenvalue weighted by Crippen LogP contribution is 2.06. The molecule has 0 rings (SSSR count). The fraction of sp³-hybridized carbons (Fsp3) is 0.706. The van der Waals surface area contributed by atoms with Crippen molar-refractivity contribution in [1.82, 2.24) is 0 Å². The Morgan fingerprint density at radius 3 is 2.60 bits per heavy atom. The number of carboxylic acid groups (broad SMARTS) is 1. The number of carbonyl (C=O) groups is 1. The molecule has 1 atom stereocenters. The van der Waals surface area contributed by atoms with Gasteiger partial charge in [0.15, 0.2) is 0 Å². The van der Waals surface area contributed by atoms with Crippen molar-refractivity contribution in [3.63, 3.8) is 0 Å². The van der Waals surface area contributed by atoms with E-state index in [0.717, 1.165) is 57.8 Å². The Hall–Kier alpha value is -1.27. The zero-order valence-electron chi connectivity index (χ0n) is 12.6. The highest BCUT2D eigenvalue weighted by molar-refractivity contribution is 5.66. The number of unbranched alkanes of at least 4 members (excludes halogenated alkanes) is 6. The number of aliphatic hydroxyl groups excluding tert-OH is 1. The van der Waals surface area contributed by atoms with Gasteiger partial charge in [0.25, 0.3) is 0 Å². The predicted molar refractivity (Wildman–Crippen MR) is 82.4 cm³/mol. The minimum absolute atomic E-state index is 0.275. The highest BCUT2D eigenvalue weighted by atomic mass is 16.4. The van der Waals surface area contributed by atoms with Gasteiger partial charge >= 0.3 is 5.97 Å². The van der Waals surface area contributed by atoms with E-state index in [9.17, 15) is 9.90 Å². The van der Waals surface area contributed by atoms with E-state index in [2.05, 4.69) is 18.8 Å². The molecular formula is C17H28O3. The summed E-state index contributed by atoms with van der Waals surface area (Å²) >= 11 is 0. The molecule has 0 spiro atoms. The van der Waals surface area contributed by atoms with E-state index < -0.39 is 12.1 Å². The van der Waals surface area contributed by atoms with Crippen molar-refractivity contribution in [3.8, 4) is 11.8 Å². The summed E-state index contributed by atoms with van der Waals surface area (Å²) in [5.74, 6) is 4.98. The molecule has 2 N–H and O–H groups in total. The lowest BCUT2D eigenvalue weighted by atomic mass is 10.1. The van der Waals surface area contributed by atoms with Gasteiger partial charge in [0.1, 0.15) is 6.10 Å². The lowest BCUT2D eigenvalue weighted by molar-refractivity contribution is -0.137. The molecule has 0 unspecified atom stereocenters. The highest BCUT2D eigenvalue weighted by Gasteiger charge is 1.97. The minimum atomic E-state index is -0.710. The van der Waals surface area contributed by atoms with Crippen LogP contribution in [-0.4, -0.2) is 22.3 Å². The summed E-state index contributed by atoms with van der Waals surface area (Å²) in [7, 11) is 0. The number of rotatable bonds is 11. The van der Waals surface area contributed by atoms with E-state index in [1.54, 1.807) is 6.08 Å². The molecule has 3 nitrogen and oxygen atoms in total. The van der Waals surface area contributed by atoms with Crippen LogP contribution in [0.5, 0.6) is 0 Å². The zero-order chi connectivity index (χ0) is 15.1. The Bertz CT molecular complexity index is 323. The maximum absolute atomic E-state index is 10.3. The maximum Gasteiger partial charge on any atom is 0.303 e. The van der Waals surface area contributed by atoms with Crippen LogP contribution in [-0.2, 0) is 4.79 Å². The third-order valence-electron chi connectivity index (χ3n) is 3.04. The summed E-state index contributed by atoms with van der Waals surface area (Å²) in [4.78, 5) is 10.3. The number of aliphatic carboxylic acids is 1. The quantitative estimate of drug-likeness (QED) is 0.445. The van der Waals surface area contributed by atoms with E-state index in [0.29, 0.717) is 0 Å². The molecule has 0 aliphatic rings. The fourth-order valence-corrected chi connectivity index (χ4v) is 1.84. The molecule has 0 aromatic heterocycles. The Morgan fingerprint density at radius 1 is 1.15 bits per heavy atom. The molecule has 0 saturated heterocycles. The minimum Gasteiger partial charge on any atom is -0.481 e.